The fourth-order valence-electron chi connectivity index (χ4n) is 3.10. The van der Waals surface area contributed by atoms with Crippen molar-refractivity contribution in [2.45, 2.75) is 51.5 Å². The molecule has 0 spiro atoms. The highest BCUT2D eigenvalue weighted by Crippen LogP contribution is 2.33. The Bertz CT molecular complexity index is 331. The molecular formula is C15H25N3. The summed E-state index contributed by atoms with van der Waals surface area (Å²) < 4.78 is 0. The number of aromatic nitrogens is 1. The van der Waals surface area contributed by atoms with Crippen molar-refractivity contribution in [1.82, 2.24) is 10.4 Å². The topological polar surface area (TPSA) is 50.9 Å². The standard InChI is InChI=1S/C15H25N3/c1-2-12-6-8-13(9-7-12)15(18-16)11-14-5-3-4-10-17-14/h3-5,10,12-13,15,18H,2,6-9,11,16H2,1H3. The normalized spacial score (nSPS) is 25.9. The van der Waals surface area contributed by atoms with Crippen LogP contribution in [-0.4, -0.2) is 11.0 Å². The maximum absolute atomic E-state index is 5.74. The molecule has 0 saturated heterocycles. The number of nitrogens with two attached hydrogens (primary N) is 1. The lowest BCUT2D eigenvalue weighted by Crippen LogP contribution is -2.43. The lowest BCUT2D eigenvalue weighted by atomic mass is 9.77. The van der Waals surface area contributed by atoms with Gasteiger partial charge in [-0.2, -0.15) is 0 Å². The van der Waals surface area contributed by atoms with Crippen LogP contribution in [0.4, 0.5) is 0 Å². The lowest BCUT2D eigenvalue weighted by Gasteiger charge is -2.33. The van der Waals surface area contributed by atoms with Gasteiger partial charge in [0.2, 0.25) is 0 Å². The molecule has 1 heterocycles. The van der Waals surface area contributed by atoms with Gasteiger partial charge >= 0.3 is 0 Å². The summed E-state index contributed by atoms with van der Waals surface area (Å²) in [6.45, 7) is 2.30. The second-order valence-corrected chi connectivity index (χ2v) is 5.49. The first-order valence-corrected chi connectivity index (χ1v) is 7.19. The second kappa shape index (κ2) is 6.86. The van der Waals surface area contributed by atoms with Crippen LogP contribution in [0.2, 0.25) is 0 Å². The Balaban J connectivity index is 1.89. The minimum Gasteiger partial charge on any atom is -0.271 e. The molecule has 1 aromatic heterocycles. The first-order chi connectivity index (χ1) is 8.83. The lowest BCUT2D eigenvalue weighted by molar-refractivity contribution is 0.216. The fraction of sp³-hybridized carbons (Fsp3) is 0.667. The molecule has 1 fully saturated rings. The van der Waals surface area contributed by atoms with Crippen molar-refractivity contribution in [2.24, 2.45) is 17.7 Å². The summed E-state index contributed by atoms with van der Waals surface area (Å²) >= 11 is 0. The number of hydrogen-bond donors (Lipinski definition) is 2. The van der Waals surface area contributed by atoms with Crippen molar-refractivity contribution in [3.8, 4) is 0 Å². The van der Waals surface area contributed by atoms with Gasteiger partial charge in [-0.3, -0.25) is 16.3 Å². The molecule has 18 heavy (non-hydrogen) atoms. The van der Waals surface area contributed by atoms with Crippen molar-refractivity contribution in [3.63, 3.8) is 0 Å². The molecule has 2 rings (SSSR count). The SMILES string of the molecule is CCC1CCC(C(Cc2ccccn2)NN)CC1. The summed E-state index contributed by atoms with van der Waals surface area (Å²) in [6, 6.07) is 6.46. The Morgan fingerprint density at radius 1 is 1.33 bits per heavy atom. The fourth-order valence-corrected chi connectivity index (χ4v) is 3.10. The second-order valence-electron chi connectivity index (χ2n) is 5.49. The molecule has 0 aliphatic heterocycles. The van der Waals surface area contributed by atoms with Crippen molar-refractivity contribution < 1.29 is 0 Å². The van der Waals surface area contributed by atoms with E-state index in [1.807, 2.05) is 18.3 Å². The van der Waals surface area contributed by atoms with Crippen molar-refractivity contribution in [1.29, 1.82) is 0 Å². The predicted octanol–water partition coefficient (Wildman–Crippen LogP) is 2.67. The minimum absolute atomic E-state index is 0.373. The van der Waals surface area contributed by atoms with Crippen LogP contribution < -0.4 is 11.3 Å². The summed E-state index contributed by atoms with van der Waals surface area (Å²) in [5.41, 5.74) is 4.15. The number of nitrogens with zero attached hydrogens (tertiary/aromatic N) is 1. The summed E-state index contributed by atoms with van der Waals surface area (Å²) in [7, 11) is 0. The van der Waals surface area contributed by atoms with Gasteiger partial charge in [-0.1, -0.05) is 32.3 Å². The van der Waals surface area contributed by atoms with Crippen LogP contribution in [0.25, 0.3) is 0 Å². The van der Waals surface area contributed by atoms with Gasteiger partial charge in [-0.15, -0.1) is 0 Å². The average molecular weight is 247 g/mol. The van der Waals surface area contributed by atoms with Gasteiger partial charge in [0.25, 0.3) is 0 Å². The van der Waals surface area contributed by atoms with E-state index in [0.29, 0.717) is 12.0 Å². The molecule has 0 amide bonds. The van der Waals surface area contributed by atoms with Gasteiger partial charge < -0.3 is 0 Å². The quantitative estimate of drug-likeness (QED) is 0.621. The average Bonchev–Trinajstić information content (AvgIpc) is 2.46. The van der Waals surface area contributed by atoms with Crippen molar-refractivity contribution in [2.75, 3.05) is 0 Å². The molecular weight excluding hydrogens is 222 g/mol. The molecule has 0 radical (unpaired) electrons. The zero-order valence-corrected chi connectivity index (χ0v) is 11.3. The Morgan fingerprint density at radius 2 is 2.11 bits per heavy atom. The number of hydrazine groups is 1. The van der Waals surface area contributed by atoms with E-state index < -0.39 is 0 Å². The molecule has 3 nitrogen and oxygen atoms in total. The number of hydrogen-bond acceptors (Lipinski definition) is 3. The van der Waals surface area contributed by atoms with Crippen LogP contribution in [0.1, 0.15) is 44.7 Å². The van der Waals surface area contributed by atoms with Crippen LogP contribution in [0, 0.1) is 11.8 Å². The maximum Gasteiger partial charge on any atom is 0.0419 e. The van der Waals surface area contributed by atoms with E-state index in [4.69, 9.17) is 5.84 Å². The highest BCUT2D eigenvalue weighted by atomic mass is 15.2. The predicted molar refractivity (Wildman–Crippen MR) is 74.8 cm³/mol. The van der Waals surface area contributed by atoms with Crippen LogP contribution in [0.15, 0.2) is 24.4 Å². The number of rotatable bonds is 5. The molecule has 3 heteroatoms. The van der Waals surface area contributed by atoms with Gasteiger partial charge in [-0.05, 0) is 36.8 Å². The number of nitrogens with one attached hydrogen (secondary N) is 1. The zero-order valence-electron chi connectivity index (χ0n) is 11.3. The summed E-state index contributed by atoms with van der Waals surface area (Å²) in [5, 5.41) is 0. The van der Waals surface area contributed by atoms with Crippen LogP contribution in [0.3, 0.4) is 0 Å². The number of pyridine rings is 1. The smallest absolute Gasteiger partial charge is 0.0419 e. The van der Waals surface area contributed by atoms with E-state index in [9.17, 15) is 0 Å². The third-order valence-electron chi connectivity index (χ3n) is 4.41. The molecule has 1 aromatic rings. The van der Waals surface area contributed by atoms with Crippen LogP contribution >= 0.6 is 0 Å². The van der Waals surface area contributed by atoms with E-state index in [2.05, 4.69) is 23.4 Å². The van der Waals surface area contributed by atoms with E-state index in [1.165, 1.54) is 32.1 Å². The van der Waals surface area contributed by atoms with Gasteiger partial charge in [0.1, 0.15) is 0 Å². The molecule has 1 aliphatic rings. The monoisotopic (exact) mass is 247 g/mol. The van der Waals surface area contributed by atoms with E-state index in [1.54, 1.807) is 0 Å². The third kappa shape index (κ3) is 3.53. The molecule has 1 saturated carbocycles. The first kappa shape index (κ1) is 13.5. The molecule has 100 valence electrons. The molecule has 1 unspecified atom stereocenters. The maximum atomic E-state index is 5.74. The largest absolute Gasteiger partial charge is 0.271 e. The van der Waals surface area contributed by atoms with Crippen LogP contribution in [0.5, 0.6) is 0 Å². The Labute approximate surface area is 110 Å². The van der Waals surface area contributed by atoms with Crippen molar-refractivity contribution in [3.05, 3.63) is 30.1 Å². The van der Waals surface area contributed by atoms with E-state index in [0.717, 1.165) is 18.0 Å². The van der Waals surface area contributed by atoms with Gasteiger partial charge in [0.15, 0.2) is 0 Å². The highest BCUT2D eigenvalue weighted by Gasteiger charge is 2.26. The van der Waals surface area contributed by atoms with Crippen molar-refractivity contribution >= 4 is 0 Å². The summed E-state index contributed by atoms with van der Waals surface area (Å²) in [4.78, 5) is 4.40. The van der Waals surface area contributed by atoms with E-state index >= 15 is 0 Å². The Kier molecular flexibility index (Phi) is 5.14. The minimum atomic E-state index is 0.373. The van der Waals surface area contributed by atoms with Gasteiger partial charge in [0.05, 0.1) is 0 Å². The van der Waals surface area contributed by atoms with Crippen LogP contribution in [-0.2, 0) is 6.42 Å². The molecule has 0 bridgehead atoms. The molecule has 1 aliphatic carbocycles. The zero-order chi connectivity index (χ0) is 12.8. The summed E-state index contributed by atoms with van der Waals surface area (Å²) in [6.07, 6.45) is 9.47. The Hall–Kier alpha value is -0.930. The van der Waals surface area contributed by atoms with E-state index in [-0.39, 0.29) is 0 Å². The Morgan fingerprint density at radius 3 is 2.67 bits per heavy atom. The van der Waals surface area contributed by atoms with Gasteiger partial charge in [-0.25, -0.2) is 0 Å². The molecule has 3 N–H and O–H groups in total. The van der Waals surface area contributed by atoms with Gasteiger partial charge in [0, 0.05) is 24.4 Å². The molecule has 0 aromatic carbocycles. The highest BCUT2D eigenvalue weighted by molar-refractivity contribution is 5.05. The third-order valence-corrected chi connectivity index (χ3v) is 4.41. The molecule has 1 atom stereocenters. The summed E-state index contributed by atoms with van der Waals surface area (Å²) in [5.74, 6) is 7.39. The first-order valence-electron chi connectivity index (χ1n) is 7.19.